The van der Waals surface area contributed by atoms with Crippen LogP contribution in [0.25, 0.3) is 48.6 Å². The molecule has 12 rings (SSSR count). The van der Waals surface area contributed by atoms with Crippen molar-refractivity contribution in [2.75, 3.05) is 21.3 Å². The van der Waals surface area contributed by atoms with Crippen LogP contribution in [0, 0.1) is 38.2 Å². The fraction of sp³-hybridized carbons (Fsp3) is 0.0588. The highest BCUT2D eigenvalue weighted by molar-refractivity contribution is 14.1. The maximum atomic E-state index is 5.61. The van der Waals surface area contributed by atoms with Crippen LogP contribution in [0.2, 0.25) is 0 Å². The zero-order valence-corrected chi connectivity index (χ0v) is 54.1. The maximum Gasteiger partial charge on any atom is 0.0462 e. The number of hydrogen-bond donors (Lipinski definition) is 2. The van der Waals surface area contributed by atoms with Crippen molar-refractivity contribution in [2.24, 2.45) is 0 Å². The first-order valence-electron chi connectivity index (χ1n) is 30.3. The van der Waals surface area contributed by atoms with E-state index in [9.17, 15) is 0 Å². The molecule has 0 aliphatic rings. The van der Waals surface area contributed by atoms with Crippen LogP contribution in [0.5, 0.6) is 0 Å². The summed E-state index contributed by atoms with van der Waals surface area (Å²) in [5.41, 5.74) is 35.6. The molecule has 4 N–H and O–H groups in total. The molecule has 12 aromatic carbocycles. The van der Waals surface area contributed by atoms with Gasteiger partial charge in [-0.1, -0.05) is 271 Å². The van der Waals surface area contributed by atoms with Crippen LogP contribution in [-0.2, 0) is 0 Å². The van der Waals surface area contributed by atoms with Crippen molar-refractivity contribution in [3.05, 3.63) is 379 Å². The van der Waals surface area contributed by atoms with Crippen molar-refractivity contribution in [3.8, 4) is 0 Å². The molecule has 0 heterocycles. The fourth-order valence-corrected chi connectivity index (χ4v) is 9.86. The van der Waals surface area contributed by atoms with Gasteiger partial charge in [0.05, 0.1) is 0 Å². The minimum Gasteiger partial charge on any atom is -0.399 e. The molecule has 0 unspecified atom stereocenters. The van der Waals surface area contributed by atoms with Crippen LogP contribution in [0.3, 0.4) is 0 Å². The third-order valence-electron chi connectivity index (χ3n) is 14.8. The van der Waals surface area contributed by atoms with Gasteiger partial charge in [0.15, 0.2) is 0 Å². The van der Waals surface area contributed by atoms with Gasteiger partial charge in [-0.05, 0) is 211 Å². The van der Waals surface area contributed by atoms with Crippen LogP contribution in [0.1, 0.15) is 72.3 Å². The Kier molecular flexibility index (Phi) is 23.5. The summed E-state index contributed by atoms with van der Waals surface area (Å²) >= 11 is 2.33. The second-order valence-electron chi connectivity index (χ2n) is 22.1. The summed E-state index contributed by atoms with van der Waals surface area (Å²) in [6.45, 7) is 10.6. The van der Waals surface area contributed by atoms with Crippen LogP contribution in [0.15, 0.2) is 303 Å². The van der Waals surface area contributed by atoms with E-state index in [4.69, 9.17) is 11.5 Å². The van der Waals surface area contributed by atoms with Crippen LogP contribution >= 0.6 is 22.6 Å². The second kappa shape index (κ2) is 33.0. The van der Waals surface area contributed by atoms with Crippen molar-refractivity contribution in [2.45, 2.75) is 34.6 Å². The van der Waals surface area contributed by atoms with E-state index in [1.54, 1.807) is 0 Å². The lowest BCUT2D eigenvalue weighted by atomic mass is 10.1. The molecule has 0 saturated carbocycles. The molecule has 0 saturated heterocycles. The predicted octanol–water partition coefficient (Wildman–Crippen LogP) is 23.7. The number of rotatable bonds is 14. The van der Waals surface area contributed by atoms with E-state index in [1.165, 1.54) is 64.8 Å². The van der Waals surface area contributed by atoms with E-state index in [0.29, 0.717) is 0 Å². The molecule has 12 aromatic rings. The Morgan fingerprint density at radius 1 is 0.211 bits per heavy atom. The predicted molar refractivity (Wildman–Crippen MR) is 402 cm³/mol. The third kappa shape index (κ3) is 20.3. The third-order valence-corrected chi connectivity index (χ3v) is 15.5. The van der Waals surface area contributed by atoms with E-state index < -0.39 is 0 Å². The summed E-state index contributed by atoms with van der Waals surface area (Å²) in [6, 6.07) is 105. The molecule has 0 amide bonds. The van der Waals surface area contributed by atoms with Gasteiger partial charge in [0.2, 0.25) is 0 Å². The van der Waals surface area contributed by atoms with Gasteiger partial charge in [-0.15, -0.1) is 0 Å². The molecule has 0 aromatic heterocycles. The highest BCUT2D eigenvalue weighted by Crippen LogP contribution is 2.37. The zero-order valence-electron chi connectivity index (χ0n) is 51.9. The van der Waals surface area contributed by atoms with Crippen molar-refractivity contribution in [3.63, 3.8) is 0 Å². The first kappa shape index (κ1) is 64.0. The van der Waals surface area contributed by atoms with E-state index in [1.807, 2.05) is 84.9 Å². The lowest BCUT2D eigenvalue weighted by Crippen LogP contribution is -2.09. The Morgan fingerprint density at radius 2 is 0.378 bits per heavy atom. The molecule has 0 bridgehead atoms. The average Bonchev–Trinajstić information content (AvgIpc) is 1.53. The van der Waals surface area contributed by atoms with Crippen molar-refractivity contribution in [1.82, 2.24) is 0 Å². The van der Waals surface area contributed by atoms with Gasteiger partial charge in [0.1, 0.15) is 0 Å². The first-order chi connectivity index (χ1) is 43.8. The Bertz CT molecular complexity index is 3820. The SMILES string of the molecule is Cc1ccc(C=Cc2ccc(N(c3ccc(C)cc3)c3ccc(C)cc3)cc2)cc1.Cc1ccc(N(c2ccc(C)cc2)c2ccc(C=Cc3ccc(I)cc3)cc2)cc1.Nc1ccc(C=Cc2ccccc2)cc1.Nc1ccc(C=Cc2ccccc2)cc1. The molecule has 0 spiro atoms. The Hall–Kier alpha value is -10.5. The van der Waals surface area contributed by atoms with E-state index in [2.05, 4.69) is 334 Å². The van der Waals surface area contributed by atoms with Crippen LogP contribution in [0.4, 0.5) is 45.5 Å². The summed E-state index contributed by atoms with van der Waals surface area (Å²) in [7, 11) is 0. The number of nitrogen functional groups attached to an aromatic ring is 2. The first-order valence-corrected chi connectivity index (χ1v) is 31.4. The number of aryl methyl sites for hydroxylation is 5. The summed E-state index contributed by atoms with van der Waals surface area (Å²) in [5.74, 6) is 0. The Balaban J connectivity index is 0.000000150. The minimum atomic E-state index is 0.798. The molecule has 90 heavy (non-hydrogen) atoms. The number of nitrogens with zero attached hydrogens (tertiary/aromatic N) is 2. The standard InChI is InChI=1S/C29H27N.C28H24IN.2C14H13N/c1-22-4-10-25(11-5-22)12-13-26-14-20-29(21-15-26)30(27-16-6-23(2)7-17-27)28-18-8-24(3)9-19-28;1-21-3-15-26(16-4-21)30(27-17-5-22(2)6-18-27)28-19-11-24(12-20-28)8-7-23-9-13-25(29)14-10-23;2*15-14-10-8-13(9-11-14)7-6-12-4-2-1-3-5-12/h4-21H,1-3H3;3-20H,1-2H3;2*1-11H,15H2. The molecule has 5 heteroatoms. The van der Waals surface area contributed by atoms with Gasteiger partial charge >= 0.3 is 0 Å². The number of benzene rings is 12. The summed E-state index contributed by atoms with van der Waals surface area (Å²) in [4.78, 5) is 4.60. The minimum absolute atomic E-state index is 0.798. The summed E-state index contributed by atoms with van der Waals surface area (Å²) < 4.78 is 1.25. The molecule has 0 fully saturated rings. The number of hydrogen-bond acceptors (Lipinski definition) is 4. The molecular formula is C85H77IN4. The van der Waals surface area contributed by atoms with E-state index >= 15 is 0 Å². The Labute approximate surface area is 548 Å². The Morgan fingerprint density at radius 3 is 0.611 bits per heavy atom. The van der Waals surface area contributed by atoms with Crippen molar-refractivity contribution < 1.29 is 0 Å². The van der Waals surface area contributed by atoms with Gasteiger partial charge < -0.3 is 21.3 Å². The quantitative estimate of drug-likeness (QED) is 0.0647. The summed E-state index contributed by atoms with van der Waals surface area (Å²) in [5, 5.41) is 0. The average molecular weight is 1280 g/mol. The maximum absolute atomic E-state index is 5.61. The number of anilines is 8. The molecule has 4 nitrogen and oxygen atoms in total. The fourth-order valence-electron chi connectivity index (χ4n) is 9.50. The van der Waals surface area contributed by atoms with Gasteiger partial charge in [0.25, 0.3) is 0 Å². The molecule has 0 aliphatic carbocycles. The van der Waals surface area contributed by atoms with Crippen LogP contribution < -0.4 is 21.3 Å². The van der Waals surface area contributed by atoms with E-state index in [0.717, 1.165) is 56.6 Å². The lowest BCUT2D eigenvalue weighted by molar-refractivity contribution is 1.27. The topological polar surface area (TPSA) is 58.5 Å². The highest BCUT2D eigenvalue weighted by Gasteiger charge is 2.14. The van der Waals surface area contributed by atoms with Crippen molar-refractivity contribution in [1.29, 1.82) is 0 Å². The smallest absolute Gasteiger partial charge is 0.0462 e. The van der Waals surface area contributed by atoms with Gasteiger partial charge in [-0.3, -0.25) is 0 Å². The monoisotopic (exact) mass is 1280 g/mol. The summed E-state index contributed by atoms with van der Waals surface area (Å²) in [6.07, 6.45) is 17.0. The highest BCUT2D eigenvalue weighted by atomic mass is 127. The molecule has 0 aliphatic heterocycles. The number of halogens is 1. The normalized spacial score (nSPS) is 10.9. The molecule has 0 radical (unpaired) electrons. The molecular weight excluding hydrogens is 1200 g/mol. The van der Waals surface area contributed by atoms with Gasteiger partial charge in [-0.2, -0.15) is 0 Å². The lowest BCUT2D eigenvalue weighted by Gasteiger charge is -2.25. The van der Waals surface area contributed by atoms with E-state index in [-0.39, 0.29) is 0 Å². The largest absolute Gasteiger partial charge is 0.399 e. The molecule has 444 valence electrons. The van der Waals surface area contributed by atoms with Gasteiger partial charge in [0, 0.05) is 49.1 Å². The van der Waals surface area contributed by atoms with Gasteiger partial charge in [-0.25, -0.2) is 0 Å². The van der Waals surface area contributed by atoms with Crippen molar-refractivity contribution >= 4 is 117 Å². The zero-order chi connectivity index (χ0) is 62.9. The van der Waals surface area contributed by atoms with Crippen LogP contribution in [-0.4, -0.2) is 0 Å². The second-order valence-corrected chi connectivity index (χ2v) is 23.4. The molecule has 0 atom stereocenters. The number of nitrogens with two attached hydrogens (primary N) is 2.